The Hall–Kier alpha value is -3.27. The van der Waals surface area contributed by atoms with Gasteiger partial charge in [0.25, 0.3) is 5.91 Å². The molecular weight excluding hydrogens is 464 g/mol. The van der Waals surface area contributed by atoms with E-state index in [0.29, 0.717) is 28.9 Å². The molecule has 0 spiro atoms. The minimum absolute atomic E-state index is 0.121. The summed E-state index contributed by atoms with van der Waals surface area (Å²) in [5, 5.41) is 2.75. The van der Waals surface area contributed by atoms with E-state index in [-0.39, 0.29) is 27.5 Å². The third kappa shape index (κ3) is 4.80. The lowest BCUT2D eigenvalue weighted by atomic mass is 9.84. The Kier molecular flexibility index (Phi) is 7.20. The third-order valence-corrected chi connectivity index (χ3v) is 7.94. The van der Waals surface area contributed by atoms with Crippen LogP contribution in [0.4, 0.5) is 0 Å². The number of carbonyl (C=O) groups excluding carboxylic acids is 2. The van der Waals surface area contributed by atoms with Gasteiger partial charge in [-0.05, 0) is 50.2 Å². The molecule has 2 aromatic rings. The normalized spacial score (nSPS) is 15.5. The van der Waals surface area contributed by atoms with E-state index in [1.54, 1.807) is 36.4 Å². The van der Waals surface area contributed by atoms with Crippen molar-refractivity contribution in [2.75, 3.05) is 26.2 Å². The molecule has 0 atom stereocenters. The van der Waals surface area contributed by atoms with Crippen LogP contribution >= 0.6 is 0 Å². The molecule has 0 fully saturated rings. The van der Waals surface area contributed by atoms with Crippen LogP contribution in [-0.2, 0) is 14.8 Å². The van der Waals surface area contributed by atoms with Crippen molar-refractivity contribution in [1.29, 1.82) is 0 Å². The lowest BCUT2D eigenvalue weighted by Crippen LogP contribution is -2.27. The third-order valence-electron chi connectivity index (χ3n) is 6.46. The van der Waals surface area contributed by atoms with E-state index < -0.39 is 15.9 Å². The Labute approximate surface area is 205 Å². The van der Waals surface area contributed by atoms with Gasteiger partial charge in [-0.15, -0.1) is 0 Å². The van der Waals surface area contributed by atoms with Crippen LogP contribution in [-0.4, -0.2) is 51.2 Å². The zero-order valence-electron chi connectivity index (χ0n) is 19.9. The fourth-order valence-electron chi connectivity index (χ4n) is 4.45. The summed E-state index contributed by atoms with van der Waals surface area (Å²) in [7, 11) is -3.67. The molecule has 4 rings (SSSR count). The topological polar surface area (TPSA) is 122 Å². The highest BCUT2D eigenvalue weighted by atomic mass is 32.2. The van der Waals surface area contributed by atoms with E-state index in [1.165, 1.54) is 12.1 Å². The fourth-order valence-corrected chi connectivity index (χ4v) is 5.53. The Morgan fingerprint density at radius 1 is 0.914 bits per heavy atom. The van der Waals surface area contributed by atoms with Crippen molar-refractivity contribution in [2.45, 2.75) is 31.6 Å². The molecule has 1 aliphatic carbocycles. The van der Waals surface area contributed by atoms with Gasteiger partial charge in [0.1, 0.15) is 0 Å². The van der Waals surface area contributed by atoms with Crippen molar-refractivity contribution >= 4 is 33.1 Å². The molecule has 184 valence electrons. The molecule has 0 aromatic heterocycles. The van der Waals surface area contributed by atoms with E-state index in [1.807, 2.05) is 0 Å². The van der Waals surface area contributed by atoms with Crippen LogP contribution in [0, 0.1) is 0 Å². The van der Waals surface area contributed by atoms with Crippen LogP contribution in [0.1, 0.15) is 48.2 Å². The maximum absolute atomic E-state index is 13.2. The molecule has 35 heavy (non-hydrogen) atoms. The molecule has 9 heteroatoms. The van der Waals surface area contributed by atoms with Crippen LogP contribution in [0.5, 0.6) is 0 Å². The molecule has 0 saturated heterocycles. The van der Waals surface area contributed by atoms with E-state index in [0.717, 1.165) is 32.5 Å². The number of hydrogen-bond acceptors (Lipinski definition) is 6. The highest BCUT2D eigenvalue weighted by Gasteiger charge is 2.39. The largest absolute Gasteiger partial charge is 0.398 e. The predicted octanol–water partition coefficient (Wildman–Crippen LogP) is 2.49. The number of carbonyl (C=O) groups is 2. The molecule has 0 saturated carbocycles. The molecule has 0 radical (unpaired) electrons. The van der Waals surface area contributed by atoms with Crippen molar-refractivity contribution in [3.8, 4) is 0 Å². The van der Waals surface area contributed by atoms with Crippen LogP contribution in [0.25, 0.3) is 11.4 Å². The number of sulfonamides is 1. The lowest BCUT2D eigenvalue weighted by Gasteiger charge is -2.18. The first kappa shape index (κ1) is 24.8. The Balaban J connectivity index is 1.52. The summed E-state index contributed by atoms with van der Waals surface area (Å²) in [4.78, 5) is 28.3. The van der Waals surface area contributed by atoms with Gasteiger partial charge < -0.3 is 16.0 Å². The molecule has 1 aliphatic heterocycles. The number of ketones is 1. The van der Waals surface area contributed by atoms with E-state index in [4.69, 9.17) is 5.73 Å². The number of rotatable bonds is 10. The minimum atomic E-state index is -3.67. The zero-order valence-corrected chi connectivity index (χ0v) is 20.7. The Bertz CT molecular complexity index is 1320. The van der Waals surface area contributed by atoms with Crippen molar-refractivity contribution < 1.29 is 18.0 Å². The number of benzene rings is 2. The standard InChI is InChI=1S/C26H30N4O4S/c1-3-30(4-2)16-8-7-15-28-35(33,34)18-13-11-17(12-14-18)24-22-21(26(32)29-24)23(27)19-9-5-6-10-20(19)25(22)31/h5-6,9-14,28H,3-4,7-8,15-16,27H2,1-2H3,(H,29,32). The molecule has 8 nitrogen and oxygen atoms in total. The van der Waals surface area contributed by atoms with Crippen molar-refractivity contribution in [1.82, 2.24) is 14.9 Å². The van der Waals surface area contributed by atoms with E-state index in [9.17, 15) is 18.0 Å². The number of amides is 1. The molecule has 4 N–H and O–H groups in total. The summed E-state index contributed by atoms with van der Waals surface area (Å²) in [6, 6.07) is 13.0. The average Bonchev–Trinajstić information content (AvgIpc) is 3.22. The summed E-state index contributed by atoms with van der Waals surface area (Å²) in [5.41, 5.74) is 8.71. The monoisotopic (exact) mass is 494 g/mol. The number of fused-ring (bicyclic) bond motifs is 2. The second-order valence-electron chi connectivity index (χ2n) is 8.52. The predicted molar refractivity (Wildman–Crippen MR) is 136 cm³/mol. The summed E-state index contributed by atoms with van der Waals surface area (Å²) >= 11 is 0. The molecule has 0 unspecified atom stereocenters. The van der Waals surface area contributed by atoms with Gasteiger partial charge in [-0.1, -0.05) is 50.2 Å². The maximum atomic E-state index is 13.2. The van der Waals surface area contributed by atoms with E-state index >= 15 is 0 Å². The van der Waals surface area contributed by atoms with Crippen LogP contribution < -0.4 is 15.8 Å². The van der Waals surface area contributed by atoms with Crippen molar-refractivity contribution in [3.05, 3.63) is 76.4 Å². The van der Waals surface area contributed by atoms with Gasteiger partial charge in [-0.25, -0.2) is 13.1 Å². The number of nitrogens with two attached hydrogens (primary N) is 1. The number of nitrogens with one attached hydrogen (secondary N) is 2. The highest BCUT2D eigenvalue weighted by molar-refractivity contribution is 7.89. The Morgan fingerprint density at radius 2 is 1.57 bits per heavy atom. The first-order chi connectivity index (χ1) is 16.8. The summed E-state index contributed by atoms with van der Waals surface area (Å²) in [6.45, 7) is 7.48. The van der Waals surface area contributed by atoms with Gasteiger partial charge in [0, 0.05) is 17.7 Å². The van der Waals surface area contributed by atoms with Crippen molar-refractivity contribution in [2.24, 2.45) is 5.73 Å². The molecule has 1 amide bonds. The second kappa shape index (κ2) is 10.2. The van der Waals surface area contributed by atoms with Gasteiger partial charge in [-0.2, -0.15) is 0 Å². The lowest BCUT2D eigenvalue weighted by molar-refractivity contribution is -0.115. The van der Waals surface area contributed by atoms with Crippen LogP contribution in [0.2, 0.25) is 0 Å². The van der Waals surface area contributed by atoms with Crippen LogP contribution in [0.3, 0.4) is 0 Å². The fraction of sp³-hybridized carbons (Fsp3) is 0.308. The smallest absolute Gasteiger partial charge is 0.258 e. The quantitative estimate of drug-likeness (QED) is 0.437. The summed E-state index contributed by atoms with van der Waals surface area (Å²) < 4.78 is 28.1. The van der Waals surface area contributed by atoms with Gasteiger partial charge in [0.2, 0.25) is 10.0 Å². The van der Waals surface area contributed by atoms with Gasteiger partial charge >= 0.3 is 0 Å². The SMILES string of the molecule is CCN(CC)CCCCNS(=O)(=O)c1ccc(C2=C3C(=O)c4ccccc4C(N)=C3C(=O)N2)cc1. The van der Waals surface area contributed by atoms with Gasteiger partial charge in [0.15, 0.2) is 5.78 Å². The first-order valence-electron chi connectivity index (χ1n) is 11.8. The van der Waals surface area contributed by atoms with Gasteiger partial charge in [-0.3, -0.25) is 9.59 Å². The summed E-state index contributed by atoms with van der Waals surface area (Å²) in [5.74, 6) is -0.736. The van der Waals surface area contributed by atoms with Crippen LogP contribution in [0.15, 0.2) is 64.6 Å². The maximum Gasteiger partial charge on any atom is 0.258 e. The number of hydrogen-bond donors (Lipinski definition) is 3. The zero-order chi connectivity index (χ0) is 25.2. The van der Waals surface area contributed by atoms with Gasteiger partial charge in [0.05, 0.1) is 27.4 Å². The second-order valence-corrected chi connectivity index (χ2v) is 10.3. The molecule has 1 heterocycles. The number of nitrogens with zero attached hydrogens (tertiary/aromatic N) is 1. The number of unbranched alkanes of at least 4 members (excludes halogenated alkanes) is 1. The summed E-state index contributed by atoms with van der Waals surface area (Å²) in [6.07, 6.45) is 1.66. The first-order valence-corrected chi connectivity index (χ1v) is 13.3. The Morgan fingerprint density at radius 3 is 2.23 bits per heavy atom. The molecule has 2 aromatic carbocycles. The van der Waals surface area contributed by atoms with E-state index in [2.05, 4.69) is 28.8 Å². The number of Topliss-reactive ketones (excluding diaryl/α,β-unsaturated/α-hetero) is 1. The molecule has 2 aliphatic rings. The highest BCUT2D eigenvalue weighted by Crippen LogP contribution is 2.39. The molecule has 0 bridgehead atoms. The average molecular weight is 495 g/mol. The molecular formula is C26H30N4O4S. The van der Waals surface area contributed by atoms with Crippen molar-refractivity contribution in [3.63, 3.8) is 0 Å². The minimum Gasteiger partial charge on any atom is -0.398 e.